The van der Waals surface area contributed by atoms with Crippen LogP contribution in [0.15, 0.2) is 53.6 Å². The first-order chi connectivity index (χ1) is 14.6. The summed E-state index contributed by atoms with van der Waals surface area (Å²) in [7, 11) is 0. The predicted molar refractivity (Wildman–Crippen MR) is 112 cm³/mol. The molecule has 2 aromatic carbocycles. The van der Waals surface area contributed by atoms with Crippen LogP contribution in [0, 0.1) is 5.82 Å². The van der Waals surface area contributed by atoms with Crippen molar-refractivity contribution in [2.75, 3.05) is 6.61 Å². The molecule has 8 heteroatoms. The molecule has 0 spiro atoms. The number of carbonyl (C=O) groups is 1. The zero-order chi connectivity index (χ0) is 21.1. The van der Waals surface area contributed by atoms with E-state index in [1.54, 1.807) is 6.07 Å². The lowest BCUT2D eigenvalue weighted by molar-refractivity contribution is -0.121. The topological polar surface area (TPSA) is 89.0 Å². The quantitative estimate of drug-likeness (QED) is 0.492. The summed E-state index contributed by atoms with van der Waals surface area (Å²) in [6.45, 7) is 2.98. The van der Waals surface area contributed by atoms with Crippen molar-refractivity contribution >= 4 is 27.8 Å². The summed E-state index contributed by atoms with van der Waals surface area (Å²) < 4.78 is 20.4. The summed E-state index contributed by atoms with van der Waals surface area (Å²) in [5.74, 6) is 0.158. The number of para-hydroxylation sites is 1. The van der Waals surface area contributed by atoms with Gasteiger partial charge in [0.15, 0.2) is 0 Å². The normalized spacial score (nSPS) is 11.1. The molecule has 4 aromatic rings. The Morgan fingerprint density at radius 2 is 2.10 bits per heavy atom. The largest absolute Gasteiger partial charge is 0.494 e. The van der Waals surface area contributed by atoms with Gasteiger partial charge in [-0.2, -0.15) is 0 Å². The molecule has 0 aliphatic heterocycles. The zero-order valence-corrected chi connectivity index (χ0v) is 16.4. The summed E-state index contributed by atoms with van der Waals surface area (Å²) in [6.07, 6.45) is 1.51. The van der Waals surface area contributed by atoms with Gasteiger partial charge < -0.3 is 15.0 Å². The third kappa shape index (κ3) is 3.89. The molecular formula is C22H21FN4O3. The van der Waals surface area contributed by atoms with Crippen LogP contribution in [-0.2, 0) is 17.9 Å². The van der Waals surface area contributed by atoms with E-state index in [4.69, 9.17) is 4.74 Å². The van der Waals surface area contributed by atoms with Crippen molar-refractivity contribution in [3.05, 3.63) is 70.5 Å². The van der Waals surface area contributed by atoms with Crippen molar-refractivity contribution in [3.63, 3.8) is 0 Å². The van der Waals surface area contributed by atoms with Gasteiger partial charge in [0.25, 0.3) is 5.56 Å². The molecule has 2 N–H and O–H groups in total. The fraction of sp³-hybridized carbons (Fsp3) is 0.227. The Morgan fingerprint density at radius 1 is 1.27 bits per heavy atom. The van der Waals surface area contributed by atoms with Gasteiger partial charge in [-0.1, -0.05) is 18.2 Å². The number of ether oxygens (including phenoxy) is 1. The highest BCUT2D eigenvalue weighted by Gasteiger charge is 2.12. The maximum Gasteiger partial charge on any atom is 0.277 e. The van der Waals surface area contributed by atoms with Crippen LogP contribution in [0.3, 0.4) is 0 Å². The molecular weight excluding hydrogens is 387 g/mol. The van der Waals surface area contributed by atoms with Crippen LogP contribution in [0.4, 0.5) is 4.39 Å². The minimum Gasteiger partial charge on any atom is -0.494 e. The molecule has 0 fully saturated rings. The van der Waals surface area contributed by atoms with E-state index < -0.39 is 5.82 Å². The summed E-state index contributed by atoms with van der Waals surface area (Å²) in [4.78, 5) is 32.3. The molecule has 0 saturated carbocycles. The van der Waals surface area contributed by atoms with Crippen LogP contribution in [-0.4, -0.2) is 27.0 Å². The Balaban J connectivity index is 1.45. The number of benzene rings is 2. The SMILES string of the molecule is CCOc1ccccc1CNC(=O)CCn1cnc2c([nH]c3ccc(F)cc32)c1=O. The van der Waals surface area contributed by atoms with Gasteiger partial charge in [-0.25, -0.2) is 9.37 Å². The number of carbonyl (C=O) groups excluding carboxylic acids is 1. The van der Waals surface area contributed by atoms with Crippen LogP contribution in [0.25, 0.3) is 21.9 Å². The lowest BCUT2D eigenvalue weighted by Crippen LogP contribution is -2.27. The summed E-state index contributed by atoms with van der Waals surface area (Å²) >= 11 is 0. The summed E-state index contributed by atoms with van der Waals surface area (Å²) in [5.41, 5.74) is 1.94. The number of rotatable bonds is 7. The van der Waals surface area contributed by atoms with Gasteiger partial charge in [-0.3, -0.25) is 14.2 Å². The van der Waals surface area contributed by atoms with Crippen LogP contribution in [0.2, 0.25) is 0 Å². The average molecular weight is 408 g/mol. The molecule has 1 amide bonds. The molecule has 4 rings (SSSR count). The third-order valence-corrected chi connectivity index (χ3v) is 4.86. The number of aryl methyl sites for hydroxylation is 1. The van der Waals surface area contributed by atoms with E-state index in [9.17, 15) is 14.0 Å². The molecule has 0 radical (unpaired) electrons. The minimum atomic E-state index is -0.392. The second-order valence-electron chi connectivity index (χ2n) is 6.85. The number of hydrogen-bond acceptors (Lipinski definition) is 4. The first-order valence-corrected chi connectivity index (χ1v) is 9.70. The van der Waals surface area contributed by atoms with E-state index in [0.717, 1.165) is 11.3 Å². The van der Waals surface area contributed by atoms with Gasteiger partial charge in [-0.15, -0.1) is 0 Å². The third-order valence-electron chi connectivity index (χ3n) is 4.86. The van der Waals surface area contributed by atoms with E-state index in [0.29, 0.717) is 35.1 Å². The van der Waals surface area contributed by atoms with Gasteiger partial charge in [0.05, 0.1) is 12.9 Å². The fourth-order valence-corrected chi connectivity index (χ4v) is 3.37. The van der Waals surface area contributed by atoms with Gasteiger partial charge in [0.1, 0.15) is 22.6 Å². The Kier molecular flexibility index (Phi) is 5.47. The minimum absolute atomic E-state index is 0.124. The first kappa shape index (κ1) is 19.6. The maximum absolute atomic E-state index is 13.5. The standard InChI is InChI=1S/C22H21FN4O3/c1-2-30-18-6-4-3-5-14(18)12-24-19(28)9-10-27-13-25-20-16-11-15(23)7-8-17(16)26-21(20)22(27)29/h3-8,11,13,26H,2,9-10,12H2,1H3,(H,24,28). The maximum atomic E-state index is 13.5. The van der Waals surface area contributed by atoms with Crippen LogP contribution < -0.4 is 15.6 Å². The molecule has 0 unspecified atom stereocenters. The number of aromatic amines is 1. The second kappa shape index (κ2) is 8.36. The molecule has 2 heterocycles. The fourth-order valence-electron chi connectivity index (χ4n) is 3.37. The number of aromatic nitrogens is 3. The Morgan fingerprint density at radius 3 is 2.93 bits per heavy atom. The Bertz CT molecular complexity index is 1280. The van der Waals surface area contributed by atoms with Gasteiger partial charge in [0.2, 0.25) is 5.91 Å². The van der Waals surface area contributed by atoms with Crippen molar-refractivity contribution in [2.45, 2.75) is 26.4 Å². The summed E-state index contributed by atoms with van der Waals surface area (Å²) in [6, 6.07) is 11.8. The average Bonchev–Trinajstić information content (AvgIpc) is 3.11. The smallest absolute Gasteiger partial charge is 0.277 e. The summed E-state index contributed by atoms with van der Waals surface area (Å²) in [5, 5.41) is 3.40. The van der Waals surface area contributed by atoms with E-state index in [1.165, 1.54) is 23.0 Å². The molecule has 154 valence electrons. The number of nitrogens with zero attached hydrogens (tertiary/aromatic N) is 2. The number of hydrogen-bond donors (Lipinski definition) is 2. The van der Waals surface area contributed by atoms with E-state index in [1.807, 2.05) is 31.2 Å². The number of H-pyrrole nitrogens is 1. The van der Waals surface area contributed by atoms with Crippen molar-refractivity contribution in [1.29, 1.82) is 0 Å². The van der Waals surface area contributed by atoms with Crippen molar-refractivity contribution in [1.82, 2.24) is 19.9 Å². The van der Waals surface area contributed by atoms with Crippen LogP contribution >= 0.6 is 0 Å². The highest BCUT2D eigenvalue weighted by atomic mass is 19.1. The van der Waals surface area contributed by atoms with E-state index >= 15 is 0 Å². The van der Waals surface area contributed by atoms with Gasteiger partial charge in [0, 0.05) is 36.0 Å². The first-order valence-electron chi connectivity index (χ1n) is 9.70. The molecule has 30 heavy (non-hydrogen) atoms. The number of fused-ring (bicyclic) bond motifs is 3. The number of amides is 1. The highest BCUT2D eigenvalue weighted by Crippen LogP contribution is 2.22. The van der Waals surface area contributed by atoms with Crippen LogP contribution in [0.5, 0.6) is 5.75 Å². The van der Waals surface area contributed by atoms with Gasteiger partial charge >= 0.3 is 0 Å². The molecule has 0 atom stereocenters. The molecule has 2 aromatic heterocycles. The van der Waals surface area contributed by atoms with Gasteiger partial charge in [-0.05, 0) is 31.2 Å². The van der Waals surface area contributed by atoms with E-state index in [-0.39, 0.29) is 24.4 Å². The Labute approximate surface area is 171 Å². The molecule has 7 nitrogen and oxygen atoms in total. The Hall–Kier alpha value is -3.68. The molecule has 0 aliphatic rings. The van der Waals surface area contributed by atoms with E-state index in [2.05, 4.69) is 15.3 Å². The van der Waals surface area contributed by atoms with Crippen LogP contribution in [0.1, 0.15) is 18.9 Å². The number of halogens is 1. The second-order valence-corrected chi connectivity index (χ2v) is 6.85. The lowest BCUT2D eigenvalue weighted by atomic mass is 10.2. The predicted octanol–water partition coefficient (Wildman–Crippen LogP) is 3.12. The molecule has 0 bridgehead atoms. The monoisotopic (exact) mass is 408 g/mol. The highest BCUT2D eigenvalue weighted by molar-refractivity contribution is 6.04. The molecule has 0 aliphatic carbocycles. The van der Waals surface area contributed by atoms with Crippen molar-refractivity contribution in [2.24, 2.45) is 0 Å². The van der Waals surface area contributed by atoms with Crippen molar-refractivity contribution in [3.8, 4) is 5.75 Å². The lowest BCUT2D eigenvalue weighted by Gasteiger charge is -2.11. The molecule has 0 saturated heterocycles. The zero-order valence-electron chi connectivity index (χ0n) is 16.4. The van der Waals surface area contributed by atoms with Crippen molar-refractivity contribution < 1.29 is 13.9 Å². The number of nitrogens with one attached hydrogen (secondary N) is 2.